The fourth-order valence-electron chi connectivity index (χ4n) is 14.8. The van der Waals surface area contributed by atoms with Crippen LogP contribution in [0.5, 0.6) is 0 Å². The van der Waals surface area contributed by atoms with Crippen molar-refractivity contribution < 1.29 is 8.83 Å². The molecule has 4 heterocycles. The molecule has 0 spiro atoms. The number of fused-ring (bicyclic) bond motifs is 12. The van der Waals surface area contributed by atoms with Crippen LogP contribution in [0.4, 0.5) is 0 Å². The van der Waals surface area contributed by atoms with Crippen LogP contribution in [0.25, 0.3) is 143 Å². The Bertz CT molecular complexity index is 5650. The van der Waals surface area contributed by atoms with Crippen LogP contribution in [0, 0.1) is 0 Å². The predicted octanol–water partition coefficient (Wildman–Crippen LogP) is 19.7. The van der Waals surface area contributed by atoms with Gasteiger partial charge in [-0.25, -0.2) is 0 Å². The van der Waals surface area contributed by atoms with Gasteiger partial charge in [0.1, 0.15) is 22.3 Å². The van der Waals surface area contributed by atoms with E-state index in [0.717, 1.165) is 88.6 Å². The zero-order chi connectivity index (χ0) is 58.6. The summed E-state index contributed by atoms with van der Waals surface area (Å²) in [6.45, 7) is 0. The van der Waals surface area contributed by atoms with E-state index in [1.54, 1.807) is 0 Å². The van der Waals surface area contributed by atoms with E-state index in [-0.39, 0.29) is 0 Å². The summed E-state index contributed by atoms with van der Waals surface area (Å²) in [4.78, 5) is 0. The highest BCUT2D eigenvalue weighted by molar-refractivity contribution is 7.21. The molecule has 0 aliphatic carbocycles. The summed E-state index contributed by atoms with van der Waals surface area (Å²) >= 11 is 0. The van der Waals surface area contributed by atoms with Crippen LogP contribution in [0.3, 0.4) is 0 Å². The van der Waals surface area contributed by atoms with Crippen LogP contribution < -0.4 is 20.7 Å². The number of benzene rings is 14. The molecular weight excluding hydrogens is 1100 g/mol. The molecule has 0 unspecified atom stereocenters. The molecule has 0 amide bonds. The van der Waals surface area contributed by atoms with Gasteiger partial charge in [0.05, 0.1) is 27.8 Å². The first-order valence-electron chi connectivity index (χ1n) is 30.6. The lowest BCUT2D eigenvalue weighted by Crippen LogP contribution is -2.75. The van der Waals surface area contributed by atoms with Crippen molar-refractivity contribution in [3.8, 4) is 55.9 Å². The molecule has 4 aromatic heterocycles. The van der Waals surface area contributed by atoms with Crippen LogP contribution in [-0.4, -0.2) is 17.2 Å². The molecule has 5 heteroatoms. The molecule has 0 N–H and O–H groups in total. The highest BCUT2D eigenvalue weighted by atomic mass is 28.3. The van der Waals surface area contributed by atoms with Crippen molar-refractivity contribution in [2.75, 3.05) is 0 Å². The highest BCUT2D eigenvalue weighted by Crippen LogP contribution is 2.41. The standard InChI is InChI=1S/C84H54N2O2Si/c1-3-21-61(22-4-1)89(62-23-5-2-6-24-62,81-39-19-32-70-72-53-58(47-51-79(72)87-83(70)81)55-41-43-57(44-42-55)65-27-9-14-34-74(65)86-77-37-17-12-30-68(77)69-31-13-18-38-78(69)86)82-40-20-33-71-73-54-59(48-52-80(73)88-84(71)82)64-26-8-7-25-63(64)56-45-49-60(50-46-56)85-75-35-15-10-28-66(75)67-29-11-16-36-76(67)85/h1-54H. The third kappa shape index (κ3) is 7.85. The molecule has 0 aliphatic rings. The number of hydrogen-bond donors (Lipinski definition) is 0. The average molecular weight is 1150 g/mol. The molecule has 0 bridgehead atoms. The van der Waals surface area contributed by atoms with E-state index in [4.69, 9.17) is 8.83 Å². The molecule has 18 aromatic rings. The van der Waals surface area contributed by atoms with Crippen LogP contribution in [0.2, 0.25) is 0 Å². The summed E-state index contributed by atoms with van der Waals surface area (Å²) in [6.07, 6.45) is 0. The second kappa shape index (κ2) is 20.3. The first-order valence-corrected chi connectivity index (χ1v) is 32.6. The Kier molecular flexibility index (Phi) is 11.6. The van der Waals surface area contributed by atoms with Gasteiger partial charge in [-0.1, -0.05) is 261 Å². The van der Waals surface area contributed by atoms with Crippen LogP contribution in [0.1, 0.15) is 0 Å². The van der Waals surface area contributed by atoms with E-state index in [9.17, 15) is 0 Å². The number of nitrogens with zero attached hydrogens (tertiary/aromatic N) is 2. The molecule has 416 valence electrons. The molecule has 4 nitrogen and oxygen atoms in total. The monoisotopic (exact) mass is 1150 g/mol. The summed E-state index contributed by atoms with van der Waals surface area (Å²) < 4.78 is 19.4. The minimum atomic E-state index is -3.30. The van der Waals surface area contributed by atoms with Crippen LogP contribution in [0.15, 0.2) is 336 Å². The molecule has 18 rings (SSSR count). The van der Waals surface area contributed by atoms with Crippen molar-refractivity contribution in [2.45, 2.75) is 0 Å². The maximum absolute atomic E-state index is 7.30. The Morgan fingerprint density at radius 1 is 0.236 bits per heavy atom. The van der Waals surface area contributed by atoms with Crippen molar-refractivity contribution >= 4 is 116 Å². The van der Waals surface area contributed by atoms with Gasteiger partial charge < -0.3 is 18.0 Å². The van der Waals surface area contributed by atoms with Gasteiger partial charge in [0.25, 0.3) is 0 Å². The minimum absolute atomic E-state index is 0.850. The molecule has 89 heavy (non-hydrogen) atoms. The van der Waals surface area contributed by atoms with Crippen molar-refractivity contribution in [3.05, 3.63) is 328 Å². The summed E-state index contributed by atoms with van der Waals surface area (Å²) in [7, 11) is -3.30. The van der Waals surface area contributed by atoms with Crippen molar-refractivity contribution in [2.24, 2.45) is 0 Å². The van der Waals surface area contributed by atoms with E-state index < -0.39 is 8.07 Å². The van der Waals surface area contributed by atoms with Gasteiger partial charge in [-0.15, -0.1) is 0 Å². The van der Waals surface area contributed by atoms with Gasteiger partial charge >= 0.3 is 0 Å². The van der Waals surface area contributed by atoms with Gasteiger partial charge in [-0.2, -0.15) is 0 Å². The lowest BCUT2D eigenvalue weighted by molar-refractivity contribution is 0.670. The Morgan fingerprint density at radius 2 is 0.607 bits per heavy atom. The second-order valence-corrected chi connectivity index (χ2v) is 27.1. The smallest absolute Gasteiger partial charge is 0.188 e. The van der Waals surface area contributed by atoms with E-state index in [2.05, 4.69) is 337 Å². The fraction of sp³-hybridized carbons (Fsp3) is 0. The SMILES string of the molecule is c1ccc([Si](c2ccccc2)(c2cccc3c2oc2ccc(-c4ccc(-c5ccccc5-n5c6ccccc6c6ccccc65)cc4)cc23)c2cccc3c2oc2ccc(-c4ccccc4-c4ccc(-n5c6ccccc6c6ccccc65)cc4)cc23)cc1. The van der Waals surface area contributed by atoms with Crippen molar-refractivity contribution in [1.29, 1.82) is 0 Å². The summed E-state index contributed by atoms with van der Waals surface area (Å²) in [6, 6.07) is 120. The third-order valence-electron chi connectivity index (χ3n) is 18.7. The predicted molar refractivity (Wildman–Crippen MR) is 375 cm³/mol. The molecule has 14 aromatic carbocycles. The summed E-state index contributed by atoms with van der Waals surface area (Å²) in [5.74, 6) is 0. The number of para-hydroxylation sites is 7. The highest BCUT2D eigenvalue weighted by Gasteiger charge is 2.46. The molecule has 0 saturated heterocycles. The molecule has 0 saturated carbocycles. The first-order chi connectivity index (χ1) is 44.2. The maximum atomic E-state index is 7.30. The van der Waals surface area contributed by atoms with Gasteiger partial charge in [0.2, 0.25) is 0 Å². The summed E-state index contributed by atoms with van der Waals surface area (Å²) in [5, 5.41) is 14.2. The number of aromatic nitrogens is 2. The molecule has 0 radical (unpaired) electrons. The van der Waals surface area contributed by atoms with E-state index in [1.165, 1.54) is 75.5 Å². The van der Waals surface area contributed by atoms with Gasteiger partial charge in [0.15, 0.2) is 8.07 Å². The van der Waals surface area contributed by atoms with E-state index >= 15 is 0 Å². The first kappa shape index (κ1) is 50.8. The zero-order valence-corrected chi connectivity index (χ0v) is 49.4. The Hall–Kier alpha value is -11.5. The lowest BCUT2D eigenvalue weighted by Gasteiger charge is -2.34. The topological polar surface area (TPSA) is 36.1 Å². The average Bonchev–Trinajstić information content (AvgIpc) is 1.94. The number of rotatable bonds is 10. The number of hydrogen-bond acceptors (Lipinski definition) is 2. The molecule has 0 fully saturated rings. The quantitative estimate of drug-likeness (QED) is 0.101. The maximum Gasteiger partial charge on any atom is 0.188 e. The van der Waals surface area contributed by atoms with Gasteiger partial charge in [0, 0.05) is 54.3 Å². The van der Waals surface area contributed by atoms with Crippen molar-refractivity contribution in [3.63, 3.8) is 0 Å². The molecular formula is C84H54N2O2Si. The number of furan rings is 2. The fourth-order valence-corrected chi connectivity index (χ4v) is 19.8. The molecule has 0 aliphatic heterocycles. The van der Waals surface area contributed by atoms with Gasteiger partial charge in [-0.05, 0) is 126 Å². The molecule has 0 atom stereocenters. The lowest BCUT2D eigenvalue weighted by atomic mass is 9.93. The van der Waals surface area contributed by atoms with Gasteiger partial charge in [-0.3, -0.25) is 0 Å². The second-order valence-electron chi connectivity index (χ2n) is 23.4. The van der Waals surface area contributed by atoms with Crippen molar-refractivity contribution in [1.82, 2.24) is 9.13 Å². The minimum Gasteiger partial charge on any atom is -0.456 e. The van der Waals surface area contributed by atoms with E-state index in [1.807, 2.05) is 0 Å². The largest absolute Gasteiger partial charge is 0.456 e. The summed E-state index contributed by atoms with van der Waals surface area (Å²) in [5.41, 5.74) is 19.8. The Morgan fingerprint density at radius 3 is 1.13 bits per heavy atom. The van der Waals surface area contributed by atoms with E-state index in [0.29, 0.717) is 0 Å². The normalized spacial score (nSPS) is 12.0. The Balaban J connectivity index is 0.747. The van der Waals surface area contributed by atoms with Crippen LogP contribution in [-0.2, 0) is 0 Å². The Labute approximate surface area is 514 Å². The third-order valence-corrected chi connectivity index (χ3v) is 23.5. The van der Waals surface area contributed by atoms with Crippen LogP contribution >= 0.6 is 0 Å². The zero-order valence-electron chi connectivity index (χ0n) is 48.4.